The summed E-state index contributed by atoms with van der Waals surface area (Å²) in [6, 6.07) is 4.70. The molecule has 2 N–H and O–H groups in total. The van der Waals surface area contributed by atoms with Crippen molar-refractivity contribution in [2.75, 3.05) is 33.1 Å². The van der Waals surface area contributed by atoms with Gasteiger partial charge in [-0.25, -0.2) is 9.18 Å². The van der Waals surface area contributed by atoms with Gasteiger partial charge in [-0.05, 0) is 57.0 Å². The summed E-state index contributed by atoms with van der Waals surface area (Å²) in [7, 11) is 3.04. The summed E-state index contributed by atoms with van der Waals surface area (Å²) < 4.78 is 34.8. The number of alkyl carbamates (subject to hydrolysis) is 1. The smallest absolute Gasteiger partial charge is 0.407 e. The Labute approximate surface area is 281 Å². The topological polar surface area (TPSA) is 146 Å². The molecule has 0 aliphatic heterocycles. The summed E-state index contributed by atoms with van der Waals surface area (Å²) in [5.74, 6) is -1.42. The highest BCUT2D eigenvalue weighted by molar-refractivity contribution is 6.76. The molecule has 0 saturated heterocycles. The minimum Gasteiger partial charge on any atom is -0.486 e. The molecule has 0 spiro atoms. The van der Waals surface area contributed by atoms with Gasteiger partial charge >= 0.3 is 6.09 Å². The van der Waals surface area contributed by atoms with Gasteiger partial charge in [-0.3, -0.25) is 19.4 Å². The van der Waals surface area contributed by atoms with Crippen molar-refractivity contribution in [2.45, 2.75) is 77.8 Å². The number of hydrogen-bond donors (Lipinski definition) is 2. The lowest BCUT2D eigenvalue weighted by atomic mass is 10.1. The summed E-state index contributed by atoms with van der Waals surface area (Å²) in [5.41, 5.74) is 0.987. The molecule has 262 valence electrons. The molecule has 0 radical (unpaired) electrons. The fraction of sp³-hybridized carbons (Fsp3) is 0.485. The van der Waals surface area contributed by atoms with Gasteiger partial charge in [-0.1, -0.05) is 25.7 Å². The van der Waals surface area contributed by atoms with Crippen LogP contribution in [-0.4, -0.2) is 85.0 Å². The quantitative estimate of drug-likeness (QED) is 0.127. The Balaban J connectivity index is 1.91. The largest absolute Gasteiger partial charge is 0.486 e. The van der Waals surface area contributed by atoms with Gasteiger partial charge < -0.3 is 38.9 Å². The number of carbonyl (C=O) groups is 3. The zero-order chi connectivity index (χ0) is 35.6. The van der Waals surface area contributed by atoms with E-state index in [-0.39, 0.29) is 43.1 Å². The van der Waals surface area contributed by atoms with Gasteiger partial charge in [-0.2, -0.15) is 0 Å². The number of rotatable bonds is 16. The fourth-order valence-corrected chi connectivity index (χ4v) is 5.36. The molecule has 0 unspecified atom stereocenters. The molecule has 3 aromatic rings. The number of carbonyl (C=O) groups excluding carboxylic acids is 3. The number of pyridine rings is 2. The molecule has 1 atom stereocenters. The van der Waals surface area contributed by atoms with Gasteiger partial charge in [0.05, 0.1) is 31.5 Å². The second-order valence-corrected chi connectivity index (χ2v) is 18.6. The second kappa shape index (κ2) is 17.1. The number of likely N-dealkylation sites (N-methyl/N-ethyl adjacent to an activating group) is 1. The van der Waals surface area contributed by atoms with Crippen molar-refractivity contribution in [1.29, 1.82) is 0 Å². The summed E-state index contributed by atoms with van der Waals surface area (Å²) in [6.45, 7) is 11.0. The first-order valence-electron chi connectivity index (χ1n) is 15.7. The van der Waals surface area contributed by atoms with E-state index < -0.39 is 37.5 Å². The molecule has 3 amide bonds. The van der Waals surface area contributed by atoms with Crippen molar-refractivity contribution >= 4 is 42.7 Å². The molecule has 0 aliphatic carbocycles. The third kappa shape index (κ3) is 10.8. The second-order valence-electron chi connectivity index (χ2n) is 13.0. The van der Waals surface area contributed by atoms with Crippen LogP contribution in [0.25, 0.3) is 11.0 Å². The van der Waals surface area contributed by atoms with Crippen molar-refractivity contribution in [3.63, 3.8) is 0 Å². The highest BCUT2D eigenvalue weighted by Gasteiger charge is 2.23. The molecule has 0 aromatic carbocycles. The Bertz CT molecular complexity index is 1680. The van der Waals surface area contributed by atoms with Crippen LogP contribution in [-0.2, 0) is 32.3 Å². The van der Waals surface area contributed by atoms with E-state index in [1.54, 1.807) is 56.9 Å². The van der Waals surface area contributed by atoms with Crippen molar-refractivity contribution in [2.24, 2.45) is 0 Å². The third-order valence-corrected chi connectivity index (χ3v) is 8.91. The highest BCUT2D eigenvalue weighted by atomic mass is 28.3. The summed E-state index contributed by atoms with van der Waals surface area (Å²) in [5, 5.41) is 5.09. The lowest BCUT2D eigenvalue weighted by Gasteiger charge is -2.19. The number of allylic oxidation sites excluding steroid dienone is 1. The summed E-state index contributed by atoms with van der Waals surface area (Å²) in [6.07, 6.45) is 4.97. The summed E-state index contributed by atoms with van der Waals surface area (Å²) >= 11 is 0. The number of nitrogens with one attached hydrogen (secondary N) is 2. The molecule has 3 aromatic heterocycles. The van der Waals surface area contributed by atoms with Crippen LogP contribution in [0.1, 0.15) is 32.4 Å². The van der Waals surface area contributed by atoms with Crippen molar-refractivity contribution in [1.82, 2.24) is 24.3 Å². The SMILES string of the molecule is COC(=O)N[C@@H](CC/C=C/C(=O)N(C)C)C(=O)Nc1cccn(Cc2cc3ncc(F)c(OC(C)C)c3n2COCC[Si](C)(C)C)c1=O. The minimum atomic E-state index is -1.37. The number of methoxy groups -OCH3 is 1. The fourth-order valence-electron chi connectivity index (χ4n) is 4.60. The van der Waals surface area contributed by atoms with E-state index in [0.29, 0.717) is 29.8 Å². The van der Waals surface area contributed by atoms with Gasteiger partial charge in [0.2, 0.25) is 11.8 Å². The molecule has 0 bridgehead atoms. The Morgan fingerprint density at radius 3 is 2.56 bits per heavy atom. The van der Waals surface area contributed by atoms with Crippen LogP contribution in [0.4, 0.5) is 14.9 Å². The van der Waals surface area contributed by atoms with Gasteiger partial charge in [-0.15, -0.1) is 0 Å². The minimum absolute atomic E-state index is 0.0143. The third-order valence-electron chi connectivity index (χ3n) is 7.21. The lowest BCUT2D eigenvalue weighted by molar-refractivity contribution is -0.123. The van der Waals surface area contributed by atoms with Crippen LogP contribution < -0.4 is 20.9 Å². The van der Waals surface area contributed by atoms with E-state index in [1.807, 2.05) is 0 Å². The number of amides is 3. The van der Waals surface area contributed by atoms with E-state index in [9.17, 15) is 19.2 Å². The van der Waals surface area contributed by atoms with E-state index in [0.717, 1.165) is 12.2 Å². The van der Waals surface area contributed by atoms with Gasteiger partial charge in [0, 0.05) is 40.7 Å². The maximum absolute atomic E-state index is 15.0. The number of aromatic nitrogens is 3. The molecule has 48 heavy (non-hydrogen) atoms. The van der Waals surface area contributed by atoms with Crippen LogP contribution in [0.3, 0.4) is 0 Å². The number of ether oxygens (including phenoxy) is 3. The van der Waals surface area contributed by atoms with E-state index in [1.165, 1.54) is 28.7 Å². The van der Waals surface area contributed by atoms with E-state index in [2.05, 4.69) is 40.0 Å². The van der Waals surface area contributed by atoms with Gasteiger partial charge in [0.1, 0.15) is 24.0 Å². The maximum atomic E-state index is 15.0. The molecule has 13 nitrogen and oxygen atoms in total. The number of hydrogen-bond acceptors (Lipinski definition) is 8. The van der Waals surface area contributed by atoms with Crippen LogP contribution >= 0.6 is 0 Å². The molecular weight excluding hydrogens is 639 g/mol. The average Bonchev–Trinajstić information content (AvgIpc) is 3.36. The zero-order valence-electron chi connectivity index (χ0n) is 29.0. The maximum Gasteiger partial charge on any atom is 0.407 e. The van der Waals surface area contributed by atoms with Crippen molar-refractivity contribution in [3.8, 4) is 5.75 Å². The van der Waals surface area contributed by atoms with E-state index in [4.69, 9.17) is 9.47 Å². The van der Waals surface area contributed by atoms with E-state index >= 15 is 4.39 Å². The normalized spacial score (nSPS) is 12.4. The highest BCUT2D eigenvalue weighted by Crippen LogP contribution is 2.31. The number of nitrogens with zero attached hydrogens (tertiary/aromatic N) is 4. The Kier molecular flexibility index (Phi) is 13.5. The van der Waals surface area contributed by atoms with Gasteiger partial charge in [0.25, 0.3) is 5.56 Å². The van der Waals surface area contributed by atoms with Crippen molar-refractivity contribution < 1.29 is 33.0 Å². The predicted molar refractivity (Wildman–Crippen MR) is 184 cm³/mol. The standard InChI is InChI=1S/C33H47FN6O7Si/c1-22(2)47-30-24(34)19-35-27-18-23(40(29(27)30)21-46-16-17-48(6,7)8)20-39-15-11-13-26(32(39)43)36-31(42)25(37-33(44)45-5)12-9-10-14-28(41)38(3)4/h10-11,13-15,18-19,22,25H,9,12,16-17,20-21H2,1-8H3,(H,36,42)(H,37,44)/b14-10+/t25-/m0/s1. The molecule has 3 heterocycles. The zero-order valence-corrected chi connectivity index (χ0v) is 30.0. The number of anilines is 1. The molecule has 15 heteroatoms. The lowest BCUT2D eigenvalue weighted by Crippen LogP contribution is -2.44. The first-order chi connectivity index (χ1) is 22.6. The average molecular weight is 687 g/mol. The van der Waals surface area contributed by atoms with Crippen LogP contribution in [0.5, 0.6) is 5.75 Å². The molecule has 3 rings (SSSR count). The first kappa shape index (κ1) is 37.9. The molecular formula is C33H47FN6O7Si. The Morgan fingerprint density at radius 1 is 1.19 bits per heavy atom. The monoisotopic (exact) mass is 686 g/mol. The first-order valence-corrected chi connectivity index (χ1v) is 19.5. The van der Waals surface area contributed by atoms with Crippen LogP contribution in [0.2, 0.25) is 25.7 Å². The molecule has 0 aliphatic rings. The van der Waals surface area contributed by atoms with Crippen molar-refractivity contribution in [3.05, 3.63) is 64.6 Å². The number of fused-ring (bicyclic) bond motifs is 1. The van der Waals surface area contributed by atoms with Crippen LogP contribution in [0.15, 0.2) is 47.5 Å². The molecule has 0 saturated carbocycles. The molecule has 0 fully saturated rings. The number of halogens is 1. The van der Waals surface area contributed by atoms with Gasteiger partial charge in [0.15, 0.2) is 11.6 Å². The van der Waals surface area contributed by atoms with Crippen LogP contribution in [0, 0.1) is 5.82 Å². The Hall–Kier alpha value is -4.50. The summed E-state index contributed by atoms with van der Waals surface area (Å²) in [4.78, 5) is 56.4. The predicted octanol–water partition coefficient (Wildman–Crippen LogP) is 4.57. The Morgan fingerprint density at radius 2 is 1.92 bits per heavy atom.